The van der Waals surface area contributed by atoms with Gasteiger partial charge in [0.2, 0.25) is 5.91 Å². The fourth-order valence-electron chi connectivity index (χ4n) is 1.07. The molecule has 1 aromatic rings. The molecular weight excluding hydrogens is 180 g/mol. The summed E-state index contributed by atoms with van der Waals surface area (Å²) >= 11 is 0. The van der Waals surface area contributed by atoms with Gasteiger partial charge >= 0.3 is 0 Å². The molecular formula is C10H14N2O2. The highest BCUT2D eigenvalue weighted by Crippen LogP contribution is 1.96. The summed E-state index contributed by atoms with van der Waals surface area (Å²) in [4.78, 5) is 16.6. The lowest BCUT2D eigenvalue weighted by Gasteiger charge is -2.14. The minimum Gasteiger partial charge on any atom is -0.387 e. The number of aliphatic hydroxyl groups is 1. The highest BCUT2D eigenvalue weighted by molar-refractivity contribution is 5.76. The summed E-state index contributed by atoms with van der Waals surface area (Å²) in [6.07, 6.45) is 2.44. The van der Waals surface area contributed by atoms with E-state index in [1.54, 1.807) is 13.2 Å². The van der Waals surface area contributed by atoms with Gasteiger partial charge in [0.05, 0.1) is 0 Å². The van der Waals surface area contributed by atoms with E-state index in [-0.39, 0.29) is 5.91 Å². The summed E-state index contributed by atoms with van der Waals surface area (Å²) in [5.41, 5.74) is 0.949. The maximum atomic E-state index is 11.0. The Kier molecular flexibility index (Phi) is 4.07. The van der Waals surface area contributed by atoms with Gasteiger partial charge in [-0.05, 0) is 12.1 Å². The Morgan fingerprint density at radius 2 is 2.36 bits per heavy atom. The molecule has 0 aliphatic heterocycles. The summed E-state index contributed by atoms with van der Waals surface area (Å²) in [6, 6.07) is 5.68. The van der Waals surface area contributed by atoms with E-state index in [0.717, 1.165) is 5.69 Å². The maximum Gasteiger partial charge on any atom is 0.248 e. The van der Waals surface area contributed by atoms with Crippen molar-refractivity contribution in [1.82, 2.24) is 9.88 Å². The molecule has 4 nitrogen and oxygen atoms in total. The van der Waals surface area contributed by atoms with Crippen LogP contribution in [0.4, 0.5) is 0 Å². The third-order valence-corrected chi connectivity index (χ3v) is 1.99. The molecule has 0 fully saturated rings. The standard InChI is InChI=1S/C10H14N2O2/c1-12(10(14)8-13)7-5-9-4-2-3-6-11-9/h2-4,6,13H,5,7-8H2,1H3. The van der Waals surface area contributed by atoms with Crippen molar-refractivity contribution < 1.29 is 9.90 Å². The summed E-state index contributed by atoms with van der Waals surface area (Å²) < 4.78 is 0. The molecule has 1 amide bonds. The van der Waals surface area contributed by atoms with E-state index < -0.39 is 6.61 Å². The first-order chi connectivity index (χ1) is 6.74. The van der Waals surface area contributed by atoms with Crippen LogP contribution in [0.25, 0.3) is 0 Å². The minimum absolute atomic E-state index is 0.263. The van der Waals surface area contributed by atoms with Gasteiger partial charge in [0.15, 0.2) is 0 Å². The molecule has 0 bridgehead atoms. The number of carbonyl (C=O) groups excluding carboxylic acids is 1. The van der Waals surface area contributed by atoms with Gasteiger partial charge in [-0.3, -0.25) is 9.78 Å². The zero-order chi connectivity index (χ0) is 10.4. The second-order valence-electron chi connectivity index (χ2n) is 3.04. The second kappa shape index (κ2) is 5.34. The van der Waals surface area contributed by atoms with E-state index >= 15 is 0 Å². The molecule has 0 atom stereocenters. The first-order valence-corrected chi connectivity index (χ1v) is 4.48. The summed E-state index contributed by atoms with van der Waals surface area (Å²) in [6.45, 7) is 0.148. The van der Waals surface area contributed by atoms with Crippen molar-refractivity contribution in [3.63, 3.8) is 0 Å². The number of amides is 1. The normalized spacial score (nSPS) is 9.86. The van der Waals surface area contributed by atoms with Crippen molar-refractivity contribution >= 4 is 5.91 Å². The fourth-order valence-corrected chi connectivity index (χ4v) is 1.07. The highest BCUT2D eigenvalue weighted by atomic mass is 16.3. The number of aliphatic hydroxyl groups excluding tert-OH is 1. The van der Waals surface area contributed by atoms with Gasteiger partial charge in [0.25, 0.3) is 0 Å². The molecule has 0 spiro atoms. The van der Waals surface area contributed by atoms with Crippen LogP contribution in [0.1, 0.15) is 5.69 Å². The van der Waals surface area contributed by atoms with Crippen LogP contribution in [0, 0.1) is 0 Å². The fraction of sp³-hybridized carbons (Fsp3) is 0.400. The molecule has 4 heteroatoms. The molecule has 1 aromatic heterocycles. The second-order valence-corrected chi connectivity index (χ2v) is 3.04. The molecule has 0 saturated heterocycles. The maximum absolute atomic E-state index is 11.0. The molecule has 1 heterocycles. The van der Waals surface area contributed by atoms with Crippen LogP contribution in [0.15, 0.2) is 24.4 Å². The average molecular weight is 194 g/mol. The smallest absolute Gasteiger partial charge is 0.248 e. The summed E-state index contributed by atoms with van der Waals surface area (Å²) in [5.74, 6) is -0.263. The number of carbonyl (C=O) groups is 1. The van der Waals surface area contributed by atoms with E-state index in [1.807, 2.05) is 18.2 Å². The number of aromatic nitrogens is 1. The summed E-state index contributed by atoms with van der Waals surface area (Å²) in [5, 5.41) is 8.60. The van der Waals surface area contributed by atoms with Gasteiger partial charge in [0.1, 0.15) is 6.61 Å². The molecule has 76 valence electrons. The molecule has 1 rings (SSSR count). The lowest BCUT2D eigenvalue weighted by atomic mass is 10.2. The molecule has 14 heavy (non-hydrogen) atoms. The lowest BCUT2D eigenvalue weighted by molar-refractivity contribution is -0.132. The number of pyridine rings is 1. The largest absolute Gasteiger partial charge is 0.387 e. The first-order valence-electron chi connectivity index (χ1n) is 4.48. The zero-order valence-corrected chi connectivity index (χ0v) is 8.18. The van der Waals surface area contributed by atoms with Crippen LogP contribution < -0.4 is 0 Å². The van der Waals surface area contributed by atoms with Crippen LogP contribution in [-0.2, 0) is 11.2 Å². The Labute approximate surface area is 83.2 Å². The molecule has 0 aliphatic carbocycles. The molecule has 0 aromatic carbocycles. The quantitative estimate of drug-likeness (QED) is 0.738. The van der Waals surface area contributed by atoms with Crippen LogP contribution >= 0.6 is 0 Å². The third kappa shape index (κ3) is 3.14. The van der Waals surface area contributed by atoms with E-state index in [9.17, 15) is 4.79 Å². The van der Waals surface area contributed by atoms with Gasteiger partial charge in [-0.2, -0.15) is 0 Å². The molecule has 0 saturated carbocycles. The lowest BCUT2D eigenvalue weighted by Crippen LogP contribution is -2.31. The van der Waals surface area contributed by atoms with Gasteiger partial charge in [-0.1, -0.05) is 6.07 Å². The Balaban J connectivity index is 2.38. The Hall–Kier alpha value is -1.42. The van der Waals surface area contributed by atoms with Crippen molar-refractivity contribution in [2.45, 2.75) is 6.42 Å². The van der Waals surface area contributed by atoms with Crippen molar-refractivity contribution in [3.8, 4) is 0 Å². The Morgan fingerprint density at radius 1 is 1.57 bits per heavy atom. The van der Waals surface area contributed by atoms with Gasteiger partial charge < -0.3 is 10.0 Å². The highest BCUT2D eigenvalue weighted by Gasteiger charge is 2.06. The van der Waals surface area contributed by atoms with Crippen molar-refractivity contribution in [1.29, 1.82) is 0 Å². The van der Waals surface area contributed by atoms with Gasteiger partial charge in [-0.15, -0.1) is 0 Å². The molecule has 1 N–H and O–H groups in total. The SMILES string of the molecule is CN(CCc1ccccn1)C(=O)CO. The predicted octanol–water partition coefficient (Wildman–Crippen LogP) is 0.0748. The number of rotatable bonds is 4. The van der Waals surface area contributed by atoms with Gasteiger partial charge in [-0.25, -0.2) is 0 Å². The minimum atomic E-state index is -0.432. The Morgan fingerprint density at radius 3 is 2.93 bits per heavy atom. The zero-order valence-electron chi connectivity index (χ0n) is 8.18. The molecule has 0 unspecified atom stereocenters. The predicted molar refractivity (Wildman–Crippen MR) is 52.7 cm³/mol. The third-order valence-electron chi connectivity index (χ3n) is 1.99. The van der Waals surface area contributed by atoms with Crippen molar-refractivity contribution in [2.75, 3.05) is 20.2 Å². The molecule has 0 radical (unpaired) electrons. The topological polar surface area (TPSA) is 53.4 Å². The van der Waals surface area contributed by atoms with E-state index in [4.69, 9.17) is 5.11 Å². The van der Waals surface area contributed by atoms with E-state index in [1.165, 1.54) is 4.90 Å². The monoisotopic (exact) mass is 194 g/mol. The van der Waals surface area contributed by atoms with E-state index in [2.05, 4.69) is 4.98 Å². The average Bonchev–Trinajstić information content (AvgIpc) is 2.26. The number of hydrogen-bond acceptors (Lipinski definition) is 3. The van der Waals surface area contributed by atoms with Gasteiger partial charge in [0, 0.05) is 31.9 Å². The summed E-state index contributed by atoms with van der Waals surface area (Å²) in [7, 11) is 1.67. The number of hydrogen-bond donors (Lipinski definition) is 1. The molecule has 0 aliphatic rings. The first kappa shape index (κ1) is 10.7. The van der Waals surface area contributed by atoms with E-state index in [0.29, 0.717) is 13.0 Å². The van der Waals surface area contributed by atoms with Crippen LogP contribution in [0.2, 0.25) is 0 Å². The Bertz CT molecular complexity index is 287. The van der Waals surface area contributed by atoms with Crippen LogP contribution in [-0.4, -0.2) is 41.1 Å². The van der Waals surface area contributed by atoms with Crippen molar-refractivity contribution in [3.05, 3.63) is 30.1 Å². The number of nitrogens with zero attached hydrogens (tertiary/aromatic N) is 2. The van der Waals surface area contributed by atoms with Crippen LogP contribution in [0.3, 0.4) is 0 Å². The van der Waals surface area contributed by atoms with Crippen LogP contribution in [0.5, 0.6) is 0 Å². The van der Waals surface area contributed by atoms with Crippen molar-refractivity contribution in [2.24, 2.45) is 0 Å². The number of likely N-dealkylation sites (N-methyl/N-ethyl adjacent to an activating group) is 1.